The number of rotatable bonds is 9. The zero-order valence-corrected chi connectivity index (χ0v) is 24.3. The van der Waals surface area contributed by atoms with E-state index in [4.69, 9.17) is 4.52 Å². The zero-order chi connectivity index (χ0) is 23.7. The molecule has 4 rings (SSSR count). The Morgan fingerprint density at radius 3 is 2.69 bits per heavy atom. The number of nitrogens with zero attached hydrogens (tertiary/aromatic N) is 6. The molecule has 1 saturated heterocycles. The molecule has 174 valence electrons. The molecule has 3 atom stereocenters. The Morgan fingerprint density at radius 1 is 1.31 bits per heavy atom. The Balaban J connectivity index is 0.00000216. The number of carboxylic acids is 2. The maximum Gasteiger partial charge on any atom is 1.00 e. The Bertz CT molecular complexity index is 1140. The molecule has 19 heteroatoms. The largest absolute Gasteiger partial charge is 1.00 e. The summed E-state index contributed by atoms with van der Waals surface area (Å²) in [5, 5.41) is 41.1. The summed E-state index contributed by atoms with van der Waals surface area (Å²) < 4.78 is 4.81. The number of tetrazole rings is 1. The average molecular weight is 540 g/mol. The van der Waals surface area contributed by atoms with Crippen LogP contribution in [-0.2, 0) is 32.0 Å². The number of aromatic nitrogens is 6. The number of carbonyl (C=O) groups excluding carboxylic acids is 4. The van der Waals surface area contributed by atoms with Crippen LogP contribution >= 0.6 is 23.5 Å². The van der Waals surface area contributed by atoms with E-state index in [1.807, 2.05) is 0 Å². The Hall–Kier alpha value is -1.47. The van der Waals surface area contributed by atoms with Crippen molar-refractivity contribution >= 4 is 47.3 Å². The Kier molecular flexibility index (Phi) is 10.8. The molecule has 1 fully saturated rings. The Labute approximate surface area is 249 Å². The summed E-state index contributed by atoms with van der Waals surface area (Å²) in [6.45, 7) is 1.75. The molecule has 0 aromatic carbocycles. The summed E-state index contributed by atoms with van der Waals surface area (Å²) in [4.78, 5) is 52.3. The van der Waals surface area contributed by atoms with Gasteiger partial charge in [0.25, 0.3) is 5.91 Å². The van der Waals surface area contributed by atoms with E-state index in [1.165, 1.54) is 23.5 Å². The normalized spacial score (nSPS) is 19.6. The van der Waals surface area contributed by atoms with E-state index in [1.54, 1.807) is 6.92 Å². The van der Waals surface area contributed by atoms with Crippen molar-refractivity contribution in [3.05, 3.63) is 23.0 Å². The van der Waals surface area contributed by atoms with Crippen LogP contribution in [0.2, 0.25) is 0 Å². The molecule has 2 unspecified atom stereocenters. The number of β-lactam (4-membered cyclic amide) rings is 1. The summed E-state index contributed by atoms with van der Waals surface area (Å²) in [6, 6.07) is -0.954. The van der Waals surface area contributed by atoms with Crippen LogP contribution in [0.3, 0.4) is 0 Å². The second-order valence-electron chi connectivity index (χ2n) is 6.90. The van der Waals surface area contributed by atoms with Crippen molar-refractivity contribution in [3.8, 4) is 0 Å². The quantitative estimate of drug-likeness (QED) is 0.171. The summed E-state index contributed by atoms with van der Waals surface area (Å²) >= 11 is 2.47. The second kappa shape index (κ2) is 12.7. The molecular weight excluding hydrogens is 526 g/mol. The molecule has 0 saturated carbocycles. The number of amides is 2. The average Bonchev–Trinajstić information content (AvgIpc) is 3.42. The zero-order valence-electron chi connectivity index (χ0n) is 18.7. The van der Waals surface area contributed by atoms with E-state index in [0.717, 1.165) is 4.90 Å². The first-order chi connectivity index (χ1) is 15.7. The standard InChI is InChI=1S/C16H16N8O7S2.2Na/c1-5(33-16-19-22-23-20-16)6-4-32-14-11(13(28)24(14)12(6)15(29)30)18-8(25)3-9-17-7(21-31-9)2-10(26)27;;/h5,11,14H,2-4H2,1H3,(H,18,25)(H,26,27)(H,29,30)(H,19,20,22,23);;/q;2*+1/p-2/t5?,11?,14-;;/m0../s1. The van der Waals surface area contributed by atoms with Gasteiger partial charge in [-0.05, 0) is 17.7 Å². The van der Waals surface area contributed by atoms with Gasteiger partial charge in [-0.2, -0.15) is 10.2 Å². The van der Waals surface area contributed by atoms with E-state index in [9.17, 15) is 29.4 Å². The number of nitrogens with one attached hydrogen (secondary N) is 2. The molecule has 0 bridgehead atoms. The van der Waals surface area contributed by atoms with E-state index >= 15 is 0 Å². The van der Waals surface area contributed by atoms with E-state index in [-0.39, 0.29) is 94.0 Å². The Morgan fingerprint density at radius 2 is 2.06 bits per heavy atom. The smallest absolute Gasteiger partial charge is 0.550 e. The molecule has 2 amide bonds. The van der Waals surface area contributed by atoms with Crippen LogP contribution in [0.1, 0.15) is 18.6 Å². The maximum atomic E-state index is 12.7. The number of aliphatic carboxylic acids is 2. The predicted octanol–water partition coefficient (Wildman–Crippen LogP) is -9.99. The van der Waals surface area contributed by atoms with Gasteiger partial charge in [-0.3, -0.25) is 14.5 Å². The molecule has 2 aromatic heterocycles. The van der Waals surface area contributed by atoms with E-state index in [0.29, 0.717) is 10.7 Å². The number of aromatic amines is 1. The number of carboxylic acid groups (broad SMARTS) is 2. The minimum Gasteiger partial charge on any atom is -0.550 e. The van der Waals surface area contributed by atoms with Crippen molar-refractivity contribution in [3.63, 3.8) is 0 Å². The second-order valence-corrected chi connectivity index (χ2v) is 9.31. The van der Waals surface area contributed by atoms with Crippen LogP contribution in [0.15, 0.2) is 20.9 Å². The third kappa shape index (κ3) is 6.65. The fourth-order valence-corrected chi connectivity index (χ4v) is 5.71. The van der Waals surface area contributed by atoms with Gasteiger partial charge >= 0.3 is 59.1 Å². The molecule has 2 aliphatic rings. The summed E-state index contributed by atoms with van der Waals surface area (Å²) in [5.41, 5.74) is 0.233. The van der Waals surface area contributed by atoms with Crippen molar-refractivity contribution in [2.45, 2.75) is 41.6 Å². The number of fused-ring (bicyclic) bond motifs is 1. The summed E-state index contributed by atoms with van der Waals surface area (Å²) in [6.07, 6.45) is -0.946. The van der Waals surface area contributed by atoms with Crippen molar-refractivity contribution < 1.29 is 93.0 Å². The molecule has 0 spiro atoms. The molecule has 15 nitrogen and oxygen atoms in total. The van der Waals surface area contributed by atoms with Crippen LogP contribution in [0.5, 0.6) is 0 Å². The van der Waals surface area contributed by atoms with Gasteiger partial charge in [0, 0.05) is 17.0 Å². The predicted molar refractivity (Wildman–Crippen MR) is 103 cm³/mol. The molecular formula is C16H14N8Na2O7S2. The van der Waals surface area contributed by atoms with E-state index < -0.39 is 41.6 Å². The molecule has 35 heavy (non-hydrogen) atoms. The molecule has 2 N–H and O–H groups in total. The third-order valence-corrected chi connectivity index (χ3v) is 7.05. The first-order valence-corrected chi connectivity index (χ1v) is 11.3. The summed E-state index contributed by atoms with van der Waals surface area (Å²) in [5.74, 6) is -4.11. The summed E-state index contributed by atoms with van der Waals surface area (Å²) in [7, 11) is 0. The van der Waals surface area contributed by atoms with Gasteiger partial charge < -0.3 is 29.6 Å². The maximum absolute atomic E-state index is 12.7. The van der Waals surface area contributed by atoms with Gasteiger partial charge in [0.1, 0.15) is 17.8 Å². The number of thioether (sulfide) groups is 2. The van der Waals surface area contributed by atoms with Gasteiger partial charge in [0.15, 0.2) is 5.82 Å². The number of H-pyrrole nitrogens is 1. The fourth-order valence-electron chi connectivity index (χ4n) is 3.30. The van der Waals surface area contributed by atoms with Crippen molar-refractivity contribution in [1.29, 1.82) is 0 Å². The monoisotopic (exact) mass is 540 g/mol. The molecule has 2 aromatic rings. The van der Waals surface area contributed by atoms with Gasteiger partial charge in [-0.15, -0.1) is 22.0 Å². The number of hydrogen-bond acceptors (Lipinski definition) is 14. The molecule has 4 heterocycles. The van der Waals surface area contributed by atoms with Crippen LogP contribution in [-0.4, -0.2) is 81.8 Å². The van der Waals surface area contributed by atoms with Crippen molar-refractivity contribution in [2.75, 3.05) is 5.75 Å². The molecule has 0 radical (unpaired) electrons. The van der Waals surface area contributed by atoms with Crippen LogP contribution in [0, 0.1) is 0 Å². The minimum atomic E-state index is -1.50. The SMILES string of the molecule is CC(Sc1nn[nH]n1)C1=C(C(=O)[O-])N2C(=O)C(NC(=O)Cc3nc(CC(=O)[O-])no3)[C@@H]2SC1.[Na+].[Na+]. The van der Waals surface area contributed by atoms with Gasteiger partial charge in [0.05, 0.1) is 18.1 Å². The third-order valence-electron chi connectivity index (χ3n) is 4.73. The number of hydrogen-bond donors (Lipinski definition) is 2. The van der Waals surface area contributed by atoms with Crippen molar-refractivity contribution in [1.82, 2.24) is 41.0 Å². The first-order valence-electron chi connectivity index (χ1n) is 9.34. The van der Waals surface area contributed by atoms with Crippen LogP contribution in [0.25, 0.3) is 0 Å². The minimum absolute atomic E-state index is 0. The fraction of sp³-hybridized carbons (Fsp3) is 0.438. The molecule has 2 aliphatic heterocycles. The van der Waals surface area contributed by atoms with E-state index in [2.05, 4.69) is 36.1 Å². The van der Waals surface area contributed by atoms with Crippen LogP contribution in [0.4, 0.5) is 0 Å². The van der Waals surface area contributed by atoms with Crippen LogP contribution < -0.4 is 74.6 Å². The van der Waals surface area contributed by atoms with Crippen molar-refractivity contribution in [2.24, 2.45) is 0 Å². The topological polar surface area (TPSA) is 223 Å². The first kappa shape index (κ1) is 29.8. The van der Waals surface area contributed by atoms with Gasteiger partial charge in [-0.1, -0.05) is 16.9 Å². The molecule has 0 aliphatic carbocycles. The van der Waals surface area contributed by atoms with Gasteiger partial charge in [0.2, 0.25) is 17.0 Å². The number of carbonyl (C=O) groups is 4. The van der Waals surface area contributed by atoms with Gasteiger partial charge in [-0.25, -0.2) is 0 Å².